The quantitative estimate of drug-likeness (QED) is 0.336. The van der Waals surface area contributed by atoms with Crippen molar-refractivity contribution < 1.29 is 35.1 Å². The molecule has 0 fully saturated rings. The normalized spacial score (nSPS) is 12.0. The first-order valence-electron chi connectivity index (χ1n) is 8.60. The van der Waals surface area contributed by atoms with Gasteiger partial charge in [-0.15, -0.1) is 0 Å². The van der Waals surface area contributed by atoms with Crippen LogP contribution in [0.2, 0.25) is 5.02 Å². The van der Waals surface area contributed by atoms with Gasteiger partial charge in [-0.25, -0.2) is 17.2 Å². The average Bonchev–Trinajstić information content (AvgIpc) is 2.65. The van der Waals surface area contributed by atoms with Crippen LogP contribution in [0.3, 0.4) is 0 Å². The van der Waals surface area contributed by atoms with E-state index in [0.717, 1.165) is 5.56 Å². The van der Waals surface area contributed by atoms with Gasteiger partial charge in [0.1, 0.15) is 0 Å². The number of aryl methyl sites for hydroxylation is 1. The molecular weight excluding hydrogens is 545 g/mol. The minimum Gasteiger partial charge on any atom is -0.447 e. The van der Waals surface area contributed by atoms with E-state index in [-0.39, 0.29) is 27.7 Å². The van der Waals surface area contributed by atoms with Crippen molar-refractivity contribution in [2.24, 2.45) is 0 Å². The lowest BCUT2D eigenvalue weighted by atomic mass is 10.2. The SMILES string of the molecule is Cc1ccc(S(=O)(=O)Nc2cc(Br)cc(Cl)c2Oc2c(F)cc(C(F)(F)F)cc2F)cc1. The minimum atomic E-state index is -4.98. The van der Waals surface area contributed by atoms with Gasteiger partial charge in [-0.2, -0.15) is 13.2 Å². The van der Waals surface area contributed by atoms with Crippen molar-refractivity contribution in [3.05, 3.63) is 80.8 Å². The van der Waals surface area contributed by atoms with Crippen molar-refractivity contribution in [2.75, 3.05) is 4.72 Å². The van der Waals surface area contributed by atoms with Crippen LogP contribution < -0.4 is 9.46 Å². The van der Waals surface area contributed by atoms with E-state index in [1.807, 2.05) is 0 Å². The van der Waals surface area contributed by atoms with Crippen LogP contribution in [0.25, 0.3) is 0 Å². The van der Waals surface area contributed by atoms with Crippen LogP contribution in [0.1, 0.15) is 11.1 Å². The Labute approximate surface area is 193 Å². The van der Waals surface area contributed by atoms with Gasteiger partial charge in [0.25, 0.3) is 10.0 Å². The van der Waals surface area contributed by atoms with E-state index in [0.29, 0.717) is 4.47 Å². The lowest BCUT2D eigenvalue weighted by Crippen LogP contribution is -2.14. The lowest BCUT2D eigenvalue weighted by molar-refractivity contribution is -0.138. The van der Waals surface area contributed by atoms with Gasteiger partial charge in [0.05, 0.1) is 21.2 Å². The summed E-state index contributed by atoms with van der Waals surface area (Å²) in [6, 6.07) is 8.38. The fraction of sp³-hybridized carbons (Fsp3) is 0.100. The number of anilines is 1. The number of hydrogen-bond acceptors (Lipinski definition) is 3. The summed E-state index contributed by atoms with van der Waals surface area (Å²) in [7, 11) is -4.17. The molecular formula is C20H12BrClF5NO3S. The van der Waals surface area contributed by atoms with Gasteiger partial charge in [0, 0.05) is 4.47 Å². The molecule has 0 aliphatic heterocycles. The maximum Gasteiger partial charge on any atom is 0.416 e. The predicted molar refractivity (Wildman–Crippen MR) is 113 cm³/mol. The molecule has 0 saturated carbocycles. The standard InChI is InChI=1S/C20H12BrClF5NO3S/c1-10-2-4-13(5-3-10)32(29,30)28-17-9-12(21)8-14(22)18(17)31-19-15(23)6-11(7-16(19)24)20(25,26)27/h2-9,28H,1H3. The maximum atomic E-state index is 14.3. The Kier molecular flexibility index (Phi) is 6.73. The Morgan fingerprint density at radius 1 is 0.969 bits per heavy atom. The van der Waals surface area contributed by atoms with Gasteiger partial charge >= 0.3 is 6.18 Å². The topological polar surface area (TPSA) is 55.4 Å². The van der Waals surface area contributed by atoms with E-state index >= 15 is 0 Å². The second-order valence-electron chi connectivity index (χ2n) is 6.55. The Morgan fingerprint density at radius 3 is 2.06 bits per heavy atom. The second-order valence-corrected chi connectivity index (χ2v) is 9.56. The van der Waals surface area contributed by atoms with Crippen molar-refractivity contribution in [3.63, 3.8) is 0 Å². The molecule has 0 amide bonds. The summed E-state index contributed by atoms with van der Waals surface area (Å²) in [4.78, 5) is -0.114. The molecule has 32 heavy (non-hydrogen) atoms. The Balaban J connectivity index is 2.05. The average molecular weight is 557 g/mol. The highest BCUT2D eigenvalue weighted by atomic mass is 79.9. The fourth-order valence-electron chi connectivity index (χ4n) is 2.58. The first-order chi connectivity index (χ1) is 14.8. The molecule has 0 spiro atoms. The number of alkyl halides is 3. The summed E-state index contributed by atoms with van der Waals surface area (Å²) >= 11 is 9.19. The number of sulfonamides is 1. The molecule has 170 valence electrons. The van der Waals surface area contributed by atoms with Gasteiger partial charge in [0.15, 0.2) is 23.1 Å². The van der Waals surface area contributed by atoms with Crippen LogP contribution >= 0.6 is 27.5 Å². The van der Waals surface area contributed by atoms with Crippen LogP contribution in [-0.4, -0.2) is 8.42 Å². The number of hydrogen-bond donors (Lipinski definition) is 1. The minimum absolute atomic E-state index is 0.0569. The summed E-state index contributed by atoms with van der Waals surface area (Å²) in [5, 5.41) is -0.264. The summed E-state index contributed by atoms with van der Waals surface area (Å²) in [6.07, 6.45) is -4.98. The smallest absolute Gasteiger partial charge is 0.416 e. The predicted octanol–water partition coefficient (Wildman–Crippen LogP) is 7.30. The third-order valence-corrected chi connectivity index (χ3v) is 6.23. The largest absolute Gasteiger partial charge is 0.447 e. The molecule has 12 heteroatoms. The zero-order valence-electron chi connectivity index (χ0n) is 15.9. The maximum absolute atomic E-state index is 14.3. The third kappa shape index (κ3) is 5.33. The molecule has 0 aliphatic rings. The molecule has 0 saturated heterocycles. The number of nitrogens with one attached hydrogen (secondary N) is 1. The van der Waals surface area contributed by atoms with Gasteiger partial charge < -0.3 is 4.74 Å². The van der Waals surface area contributed by atoms with Crippen LogP contribution in [0, 0.1) is 18.6 Å². The van der Waals surface area contributed by atoms with Crippen LogP contribution in [0.5, 0.6) is 11.5 Å². The van der Waals surface area contributed by atoms with E-state index in [2.05, 4.69) is 20.7 Å². The number of rotatable bonds is 5. The fourth-order valence-corrected chi connectivity index (χ4v) is 4.49. The first kappa shape index (κ1) is 24.3. The second kappa shape index (κ2) is 8.87. The Bertz CT molecular complexity index is 1260. The summed E-state index contributed by atoms with van der Waals surface area (Å²) in [5.41, 5.74) is -1.04. The molecule has 3 aromatic rings. The van der Waals surface area contributed by atoms with E-state index in [1.54, 1.807) is 19.1 Å². The lowest BCUT2D eigenvalue weighted by Gasteiger charge is -2.17. The summed E-state index contributed by atoms with van der Waals surface area (Å²) in [6.45, 7) is 1.76. The number of halogens is 7. The molecule has 0 heterocycles. The van der Waals surface area contributed by atoms with E-state index < -0.39 is 44.9 Å². The van der Waals surface area contributed by atoms with Crippen molar-refractivity contribution in [3.8, 4) is 11.5 Å². The van der Waals surface area contributed by atoms with Crippen LogP contribution in [0.15, 0.2) is 57.9 Å². The van der Waals surface area contributed by atoms with E-state index in [1.165, 1.54) is 24.3 Å². The zero-order valence-corrected chi connectivity index (χ0v) is 19.1. The van der Waals surface area contributed by atoms with Crippen molar-refractivity contribution in [2.45, 2.75) is 18.0 Å². The highest BCUT2D eigenvalue weighted by Crippen LogP contribution is 2.42. The van der Waals surface area contributed by atoms with Crippen molar-refractivity contribution in [1.82, 2.24) is 0 Å². The molecule has 0 bridgehead atoms. The monoisotopic (exact) mass is 555 g/mol. The van der Waals surface area contributed by atoms with Crippen molar-refractivity contribution >= 4 is 43.2 Å². The summed E-state index contributed by atoms with van der Waals surface area (Å²) < 4.78 is 99.9. The number of ether oxygens (including phenoxy) is 1. The third-order valence-electron chi connectivity index (χ3n) is 4.11. The molecule has 4 nitrogen and oxygen atoms in total. The van der Waals surface area contributed by atoms with Gasteiger partial charge in [0.2, 0.25) is 0 Å². The van der Waals surface area contributed by atoms with Crippen LogP contribution in [-0.2, 0) is 16.2 Å². The zero-order chi connectivity index (χ0) is 23.8. The molecule has 1 N–H and O–H groups in total. The van der Waals surface area contributed by atoms with E-state index in [9.17, 15) is 30.4 Å². The Morgan fingerprint density at radius 2 is 1.53 bits per heavy atom. The molecule has 0 aliphatic carbocycles. The molecule has 3 aromatic carbocycles. The van der Waals surface area contributed by atoms with Gasteiger partial charge in [-0.1, -0.05) is 45.2 Å². The first-order valence-corrected chi connectivity index (χ1v) is 11.3. The van der Waals surface area contributed by atoms with E-state index in [4.69, 9.17) is 16.3 Å². The van der Waals surface area contributed by atoms with Gasteiger partial charge in [-0.05, 0) is 43.3 Å². The van der Waals surface area contributed by atoms with Gasteiger partial charge in [-0.3, -0.25) is 4.72 Å². The number of benzene rings is 3. The Hall–Kier alpha value is -2.37. The molecule has 0 aromatic heterocycles. The highest BCUT2D eigenvalue weighted by molar-refractivity contribution is 9.10. The molecule has 0 unspecified atom stereocenters. The highest BCUT2D eigenvalue weighted by Gasteiger charge is 2.33. The molecule has 0 atom stereocenters. The molecule has 3 rings (SSSR count). The summed E-state index contributed by atoms with van der Waals surface area (Å²) in [5.74, 6) is -4.99. The molecule has 0 radical (unpaired) electrons. The van der Waals surface area contributed by atoms with Crippen molar-refractivity contribution in [1.29, 1.82) is 0 Å². The van der Waals surface area contributed by atoms with Crippen LogP contribution in [0.4, 0.5) is 27.6 Å².